The number of likely N-dealkylation sites (N-methyl/N-ethyl adjacent to an activating group) is 1. The van der Waals surface area contributed by atoms with Crippen LogP contribution in [0.25, 0.3) is 0 Å². The lowest BCUT2D eigenvalue weighted by molar-refractivity contribution is -0.137. The summed E-state index contributed by atoms with van der Waals surface area (Å²) in [6.07, 6.45) is 3.05. The minimum Gasteiger partial charge on any atom is -0.480 e. The molecule has 0 spiro atoms. The van der Waals surface area contributed by atoms with Crippen LogP contribution in [0.15, 0.2) is 11.1 Å². The lowest BCUT2D eigenvalue weighted by Gasteiger charge is -2.20. The highest BCUT2D eigenvalue weighted by Gasteiger charge is 2.29. The summed E-state index contributed by atoms with van der Waals surface area (Å²) < 4.78 is 26.9. The summed E-state index contributed by atoms with van der Waals surface area (Å²) in [5.74, 6) is -6.44. The van der Waals surface area contributed by atoms with Gasteiger partial charge in [0.05, 0.1) is 15.7 Å². The number of nitrogens with zero attached hydrogens (tertiary/aromatic N) is 3. The molecule has 1 aliphatic rings. The smallest absolute Gasteiger partial charge is 0.319 e. The van der Waals surface area contributed by atoms with Crippen LogP contribution in [0.1, 0.15) is 30.1 Å². The number of aromatic nitrogens is 1. The number of aliphatic carboxylic acids is 1. The van der Waals surface area contributed by atoms with Crippen LogP contribution < -0.4 is 0 Å². The molecule has 1 fully saturated rings. The van der Waals surface area contributed by atoms with E-state index in [0.717, 1.165) is 38.2 Å². The van der Waals surface area contributed by atoms with Gasteiger partial charge in [0.25, 0.3) is 0 Å². The van der Waals surface area contributed by atoms with Crippen molar-refractivity contribution in [1.82, 2.24) is 9.88 Å². The van der Waals surface area contributed by atoms with E-state index in [2.05, 4.69) is 14.9 Å². The SMILES string of the molecule is CCN1CCCC1CN=CC(C(=O)O)C(=O)c1cc(I)c(F)nc1F. The van der Waals surface area contributed by atoms with Crippen LogP contribution in [0.2, 0.25) is 0 Å². The van der Waals surface area contributed by atoms with E-state index >= 15 is 0 Å². The topological polar surface area (TPSA) is 82.9 Å². The van der Waals surface area contributed by atoms with Gasteiger partial charge in [0, 0.05) is 12.3 Å². The summed E-state index contributed by atoms with van der Waals surface area (Å²) in [5.41, 5.74) is -0.555. The Labute approximate surface area is 157 Å². The van der Waals surface area contributed by atoms with E-state index in [4.69, 9.17) is 0 Å². The van der Waals surface area contributed by atoms with Gasteiger partial charge in [-0.05, 0) is 54.6 Å². The molecule has 1 aromatic heterocycles. The Hall–Kier alpha value is -1.49. The molecule has 1 saturated heterocycles. The molecule has 136 valence electrons. The Kier molecular flexibility index (Phi) is 6.94. The number of ketones is 1. The van der Waals surface area contributed by atoms with E-state index in [0.29, 0.717) is 6.54 Å². The normalized spacial score (nSPS) is 19.4. The second kappa shape index (κ2) is 8.75. The standard InChI is InChI=1S/C16H18F2IN3O3/c1-2-22-5-3-4-9(22)7-20-8-11(16(24)25)13(23)10-6-12(19)15(18)21-14(10)17/h6,8-9,11H,2-5,7H2,1H3,(H,24,25). The first-order valence-corrected chi connectivity index (χ1v) is 8.95. The molecule has 2 heterocycles. The number of hydrogen-bond donors (Lipinski definition) is 1. The number of hydrogen-bond acceptors (Lipinski definition) is 5. The summed E-state index contributed by atoms with van der Waals surface area (Å²) >= 11 is 1.56. The summed E-state index contributed by atoms with van der Waals surface area (Å²) in [5, 5.41) is 9.27. The van der Waals surface area contributed by atoms with Gasteiger partial charge in [-0.15, -0.1) is 0 Å². The maximum absolute atomic E-state index is 13.8. The maximum atomic E-state index is 13.8. The van der Waals surface area contributed by atoms with E-state index in [9.17, 15) is 23.5 Å². The lowest BCUT2D eigenvalue weighted by atomic mass is 10.00. The van der Waals surface area contributed by atoms with E-state index in [1.165, 1.54) is 0 Å². The number of carbonyl (C=O) groups excluding carboxylic acids is 1. The van der Waals surface area contributed by atoms with Gasteiger partial charge in [0.15, 0.2) is 11.7 Å². The second-order valence-electron chi connectivity index (χ2n) is 5.72. The molecule has 0 saturated carbocycles. The van der Waals surface area contributed by atoms with Crippen LogP contribution in [0.3, 0.4) is 0 Å². The first-order valence-electron chi connectivity index (χ1n) is 7.87. The number of Topliss-reactive ketones (excluding diaryl/α,β-unsaturated/α-hetero) is 1. The van der Waals surface area contributed by atoms with Gasteiger partial charge < -0.3 is 5.11 Å². The van der Waals surface area contributed by atoms with Crippen LogP contribution in [0, 0.1) is 21.4 Å². The second-order valence-corrected chi connectivity index (χ2v) is 6.88. The Morgan fingerprint density at radius 1 is 1.52 bits per heavy atom. The van der Waals surface area contributed by atoms with Crippen molar-refractivity contribution < 1.29 is 23.5 Å². The molecule has 25 heavy (non-hydrogen) atoms. The van der Waals surface area contributed by atoms with Crippen molar-refractivity contribution in [2.45, 2.75) is 25.8 Å². The predicted molar refractivity (Wildman–Crippen MR) is 96.0 cm³/mol. The third kappa shape index (κ3) is 4.78. The van der Waals surface area contributed by atoms with Gasteiger partial charge in [-0.1, -0.05) is 6.92 Å². The van der Waals surface area contributed by atoms with Gasteiger partial charge in [0.1, 0.15) is 0 Å². The molecule has 0 amide bonds. The molecular formula is C16H18F2IN3O3. The first kappa shape index (κ1) is 19.8. The van der Waals surface area contributed by atoms with Crippen LogP contribution in [-0.2, 0) is 4.79 Å². The van der Waals surface area contributed by atoms with Gasteiger partial charge in [-0.3, -0.25) is 19.5 Å². The molecule has 1 aromatic rings. The van der Waals surface area contributed by atoms with Crippen molar-refractivity contribution in [2.24, 2.45) is 10.9 Å². The minimum atomic E-state index is -1.63. The summed E-state index contributed by atoms with van der Waals surface area (Å²) in [6.45, 7) is 4.28. The van der Waals surface area contributed by atoms with E-state index < -0.39 is 35.1 Å². The highest BCUT2D eigenvalue weighted by atomic mass is 127. The number of carbonyl (C=O) groups is 2. The number of pyridine rings is 1. The number of carboxylic acid groups (broad SMARTS) is 1. The molecule has 9 heteroatoms. The molecule has 6 nitrogen and oxygen atoms in total. The van der Waals surface area contributed by atoms with Gasteiger partial charge >= 0.3 is 5.97 Å². The van der Waals surface area contributed by atoms with Crippen molar-refractivity contribution in [3.05, 3.63) is 27.1 Å². The fraction of sp³-hybridized carbons (Fsp3) is 0.500. The van der Waals surface area contributed by atoms with Crippen LogP contribution >= 0.6 is 22.6 Å². The first-order chi connectivity index (χ1) is 11.8. The number of rotatable bonds is 7. The fourth-order valence-electron chi connectivity index (χ4n) is 2.84. The zero-order valence-electron chi connectivity index (χ0n) is 13.6. The average Bonchev–Trinajstić information content (AvgIpc) is 3.01. The predicted octanol–water partition coefficient (Wildman–Crippen LogP) is 2.40. The summed E-state index contributed by atoms with van der Waals surface area (Å²) in [6, 6.07) is 1.18. The van der Waals surface area contributed by atoms with Crippen molar-refractivity contribution >= 4 is 40.6 Å². The highest BCUT2D eigenvalue weighted by Crippen LogP contribution is 2.18. The Balaban J connectivity index is 2.15. The quantitative estimate of drug-likeness (QED) is 0.220. The Bertz CT molecular complexity index is 699. The molecule has 1 aliphatic heterocycles. The van der Waals surface area contributed by atoms with E-state index in [-0.39, 0.29) is 9.61 Å². The molecule has 0 bridgehead atoms. The number of carboxylic acids is 1. The lowest BCUT2D eigenvalue weighted by Crippen LogP contribution is -2.32. The van der Waals surface area contributed by atoms with Crippen LogP contribution in [0.5, 0.6) is 0 Å². The molecule has 2 atom stereocenters. The zero-order chi connectivity index (χ0) is 18.6. The monoisotopic (exact) mass is 465 g/mol. The molecular weight excluding hydrogens is 447 g/mol. The van der Waals surface area contributed by atoms with Crippen LogP contribution in [0.4, 0.5) is 8.78 Å². The van der Waals surface area contributed by atoms with Gasteiger partial charge in [0.2, 0.25) is 11.9 Å². The van der Waals surface area contributed by atoms with Crippen molar-refractivity contribution in [3.8, 4) is 0 Å². The van der Waals surface area contributed by atoms with Crippen molar-refractivity contribution in [1.29, 1.82) is 0 Å². The maximum Gasteiger partial charge on any atom is 0.319 e. The van der Waals surface area contributed by atoms with E-state index in [1.54, 1.807) is 22.6 Å². The molecule has 2 unspecified atom stereocenters. The summed E-state index contributed by atoms with van der Waals surface area (Å²) in [4.78, 5) is 33.0. The zero-order valence-corrected chi connectivity index (χ0v) is 15.7. The van der Waals surface area contributed by atoms with Gasteiger partial charge in [-0.25, -0.2) is 0 Å². The average molecular weight is 465 g/mol. The molecule has 1 N–H and O–H groups in total. The van der Waals surface area contributed by atoms with Gasteiger partial charge in [-0.2, -0.15) is 13.8 Å². The van der Waals surface area contributed by atoms with Crippen molar-refractivity contribution in [2.75, 3.05) is 19.6 Å². The molecule has 2 rings (SSSR count). The fourth-order valence-corrected chi connectivity index (χ4v) is 3.27. The van der Waals surface area contributed by atoms with Crippen LogP contribution in [-0.4, -0.2) is 58.6 Å². The Morgan fingerprint density at radius 3 is 2.88 bits per heavy atom. The number of likely N-dealkylation sites (tertiary alicyclic amines) is 1. The van der Waals surface area contributed by atoms with E-state index in [1.807, 2.05) is 6.92 Å². The summed E-state index contributed by atoms with van der Waals surface area (Å²) in [7, 11) is 0. The van der Waals surface area contributed by atoms with Crippen molar-refractivity contribution in [3.63, 3.8) is 0 Å². The Morgan fingerprint density at radius 2 is 2.24 bits per heavy atom. The largest absolute Gasteiger partial charge is 0.480 e. The number of aliphatic imine (C=N–C) groups is 1. The number of halogens is 3. The highest BCUT2D eigenvalue weighted by molar-refractivity contribution is 14.1. The molecule has 0 aliphatic carbocycles. The minimum absolute atomic E-state index is 0.0621. The molecule has 0 radical (unpaired) electrons. The molecule has 0 aromatic carbocycles. The third-order valence-corrected chi connectivity index (χ3v) is 4.93. The third-order valence-electron chi connectivity index (χ3n) is 4.18.